The molecule has 1 aromatic heterocycles. The minimum absolute atomic E-state index is 0.0721. The van der Waals surface area contributed by atoms with E-state index in [1.807, 2.05) is 12.4 Å². The number of amides is 2. The van der Waals surface area contributed by atoms with Crippen LogP contribution >= 0.6 is 0 Å². The number of fused-ring (bicyclic) bond motifs is 1. The number of aromatic nitrogens is 1. The number of esters is 1. The second-order valence-corrected chi connectivity index (χ2v) is 9.44. The van der Waals surface area contributed by atoms with Gasteiger partial charge in [-0.3, -0.25) is 29.9 Å². The fourth-order valence-electron chi connectivity index (χ4n) is 4.60. The van der Waals surface area contributed by atoms with Crippen LogP contribution in [0, 0.1) is 15.5 Å². The number of non-ortho nitro benzene ring substituents is 1. The molecule has 40 heavy (non-hydrogen) atoms. The Morgan fingerprint density at radius 2 is 1.73 bits per heavy atom. The molecule has 0 unspecified atom stereocenters. The first-order chi connectivity index (χ1) is 19.1. The monoisotopic (exact) mass is 546 g/mol. The number of rotatable bonds is 10. The lowest BCUT2D eigenvalue weighted by Crippen LogP contribution is -2.50. The molecule has 12 heteroatoms. The molecule has 0 saturated carbocycles. The third-order valence-corrected chi connectivity index (χ3v) is 6.65. The van der Waals surface area contributed by atoms with E-state index in [9.17, 15) is 24.5 Å². The summed E-state index contributed by atoms with van der Waals surface area (Å²) in [6.45, 7) is 2.86. The van der Waals surface area contributed by atoms with Gasteiger partial charge in [0.15, 0.2) is 0 Å². The molecule has 1 aliphatic rings. The number of ether oxygens (including phenoxy) is 1. The molecule has 0 spiro atoms. The maximum absolute atomic E-state index is 13.7. The van der Waals surface area contributed by atoms with Gasteiger partial charge in [-0.05, 0) is 42.2 Å². The number of nitro benzene ring substituents is 1. The summed E-state index contributed by atoms with van der Waals surface area (Å²) < 4.78 is 6.77. The summed E-state index contributed by atoms with van der Waals surface area (Å²) in [6.07, 6.45) is 4.42. The SMILES string of the molecule is CCOC(=O)Cn1cc2c(c1)CN(C(=O)[C@H](Cc1ccc([N+](=O)[O-])cc1)NC(=O)c1ccc(C(=N)N)cc1)CC2. The molecular weight excluding hydrogens is 516 g/mol. The van der Waals surface area contributed by atoms with E-state index in [-0.39, 0.29) is 36.4 Å². The number of nitrogens with one attached hydrogen (secondary N) is 2. The van der Waals surface area contributed by atoms with Crippen molar-refractivity contribution < 1.29 is 24.0 Å². The highest BCUT2D eigenvalue weighted by atomic mass is 16.6. The number of nitrogens with two attached hydrogens (primary N) is 1. The minimum atomic E-state index is -0.940. The smallest absolute Gasteiger partial charge is 0.325 e. The van der Waals surface area contributed by atoms with Crippen LogP contribution in [0.2, 0.25) is 0 Å². The number of nitrogens with zero attached hydrogens (tertiary/aromatic N) is 3. The molecular formula is C28H30N6O6. The fourth-order valence-corrected chi connectivity index (χ4v) is 4.60. The predicted molar refractivity (Wildman–Crippen MR) is 146 cm³/mol. The van der Waals surface area contributed by atoms with E-state index in [1.54, 1.807) is 40.7 Å². The maximum atomic E-state index is 13.7. The van der Waals surface area contributed by atoms with Crippen molar-refractivity contribution >= 4 is 29.3 Å². The van der Waals surface area contributed by atoms with E-state index in [0.29, 0.717) is 42.8 Å². The Labute approximate surface area is 230 Å². The summed E-state index contributed by atoms with van der Waals surface area (Å²) in [7, 11) is 0. The quantitative estimate of drug-likeness (QED) is 0.115. The lowest BCUT2D eigenvalue weighted by molar-refractivity contribution is -0.384. The summed E-state index contributed by atoms with van der Waals surface area (Å²) in [5.41, 5.74) is 8.78. The molecule has 208 valence electrons. The van der Waals surface area contributed by atoms with Gasteiger partial charge in [0.05, 0.1) is 11.5 Å². The average molecular weight is 547 g/mol. The van der Waals surface area contributed by atoms with E-state index in [1.165, 1.54) is 24.3 Å². The van der Waals surface area contributed by atoms with Gasteiger partial charge in [-0.2, -0.15) is 0 Å². The van der Waals surface area contributed by atoms with Crippen LogP contribution in [0.25, 0.3) is 0 Å². The lowest BCUT2D eigenvalue weighted by Gasteiger charge is -2.31. The predicted octanol–water partition coefficient (Wildman–Crippen LogP) is 2.17. The second kappa shape index (κ2) is 12.2. The molecule has 0 fully saturated rings. The van der Waals surface area contributed by atoms with Crippen molar-refractivity contribution in [3.63, 3.8) is 0 Å². The Bertz CT molecular complexity index is 1430. The highest BCUT2D eigenvalue weighted by Gasteiger charge is 2.30. The van der Waals surface area contributed by atoms with Gasteiger partial charge in [0.25, 0.3) is 11.6 Å². The standard InChI is InChI=1S/C28H30N6O6/c1-2-40-25(35)17-32-14-21-11-12-33(16-22(21)15-32)28(37)24(13-18-3-9-23(10-4-18)34(38)39)31-27(36)20-7-5-19(6-8-20)26(29)30/h3-10,14-15,24H,2,11-13,16-17H2,1H3,(H3,29,30)(H,31,36)/t24-/m0/s1. The summed E-state index contributed by atoms with van der Waals surface area (Å²) in [4.78, 5) is 51.0. The third-order valence-electron chi connectivity index (χ3n) is 6.65. The molecule has 1 atom stereocenters. The Hall–Kier alpha value is -5.00. The van der Waals surface area contributed by atoms with Gasteiger partial charge in [-0.1, -0.05) is 24.3 Å². The van der Waals surface area contributed by atoms with E-state index in [2.05, 4.69) is 5.32 Å². The Kier molecular flexibility index (Phi) is 8.57. The first-order valence-electron chi connectivity index (χ1n) is 12.7. The molecule has 3 aromatic rings. The molecule has 0 radical (unpaired) electrons. The van der Waals surface area contributed by atoms with Gasteiger partial charge in [-0.25, -0.2) is 0 Å². The maximum Gasteiger partial charge on any atom is 0.325 e. The third kappa shape index (κ3) is 6.70. The van der Waals surface area contributed by atoms with E-state index < -0.39 is 16.9 Å². The van der Waals surface area contributed by atoms with Crippen molar-refractivity contribution in [2.75, 3.05) is 13.2 Å². The Morgan fingerprint density at radius 1 is 1.07 bits per heavy atom. The van der Waals surface area contributed by atoms with Crippen molar-refractivity contribution in [3.8, 4) is 0 Å². The number of nitro groups is 1. The van der Waals surface area contributed by atoms with Crippen LogP contribution in [0.3, 0.4) is 0 Å². The van der Waals surface area contributed by atoms with Crippen LogP contribution in [0.15, 0.2) is 60.9 Å². The molecule has 12 nitrogen and oxygen atoms in total. The van der Waals surface area contributed by atoms with Crippen molar-refractivity contribution in [1.82, 2.24) is 14.8 Å². The first-order valence-corrected chi connectivity index (χ1v) is 12.7. The lowest BCUT2D eigenvalue weighted by atomic mass is 10.0. The molecule has 2 aromatic carbocycles. The zero-order chi connectivity index (χ0) is 28.8. The molecule has 0 bridgehead atoms. The highest BCUT2D eigenvalue weighted by Crippen LogP contribution is 2.22. The number of nitrogen functional groups attached to an aromatic ring is 1. The van der Waals surface area contributed by atoms with E-state index in [0.717, 1.165) is 11.1 Å². The number of carbonyl (C=O) groups excluding carboxylic acids is 3. The van der Waals surface area contributed by atoms with Gasteiger partial charge < -0.3 is 25.3 Å². The largest absolute Gasteiger partial charge is 0.465 e. The van der Waals surface area contributed by atoms with Crippen molar-refractivity contribution in [1.29, 1.82) is 5.41 Å². The van der Waals surface area contributed by atoms with Crippen LogP contribution in [-0.4, -0.2) is 57.2 Å². The molecule has 1 aliphatic heterocycles. The van der Waals surface area contributed by atoms with E-state index >= 15 is 0 Å². The number of carbonyl (C=O) groups is 3. The zero-order valence-corrected chi connectivity index (χ0v) is 22.0. The van der Waals surface area contributed by atoms with Crippen LogP contribution in [-0.2, 0) is 40.3 Å². The van der Waals surface area contributed by atoms with Gasteiger partial charge in [0.1, 0.15) is 18.4 Å². The van der Waals surface area contributed by atoms with Crippen LogP contribution in [0.5, 0.6) is 0 Å². The molecule has 2 amide bonds. The summed E-state index contributed by atoms with van der Waals surface area (Å²) in [6, 6.07) is 11.1. The summed E-state index contributed by atoms with van der Waals surface area (Å²) in [5, 5.41) is 21.4. The molecule has 0 saturated heterocycles. The second-order valence-electron chi connectivity index (χ2n) is 9.44. The molecule has 2 heterocycles. The fraction of sp³-hybridized carbons (Fsp3) is 0.286. The van der Waals surface area contributed by atoms with Crippen LogP contribution < -0.4 is 11.1 Å². The summed E-state index contributed by atoms with van der Waals surface area (Å²) >= 11 is 0. The zero-order valence-electron chi connectivity index (χ0n) is 22.0. The number of hydrogen-bond acceptors (Lipinski definition) is 7. The number of amidine groups is 1. The van der Waals surface area contributed by atoms with E-state index in [4.69, 9.17) is 15.9 Å². The number of hydrogen-bond donors (Lipinski definition) is 3. The van der Waals surface area contributed by atoms with Gasteiger partial charge >= 0.3 is 5.97 Å². The van der Waals surface area contributed by atoms with Gasteiger partial charge in [0, 0.05) is 55.2 Å². The molecule has 4 rings (SSSR count). The molecule has 4 N–H and O–H groups in total. The van der Waals surface area contributed by atoms with Gasteiger partial charge in [0.2, 0.25) is 5.91 Å². The topological polar surface area (TPSA) is 174 Å². The Balaban J connectivity index is 1.53. The van der Waals surface area contributed by atoms with Crippen LogP contribution in [0.4, 0.5) is 5.69 Å². The van der Waals surface area contributed by atoms with Crippen LogP contribution in [0.1, 0.15) is 39.5 Å². The van der Waals surface area contributed by atoms with Crippen molar-refractivity contribution in [3.05, 3.63) is 98.9 Å². The normalized spacial score (nSPS) is 13.2. The number of benzene rings is 2. The van der Waals surface area contributed by atoms with Crippen molar-refractivity contribution in [2.24, 2.45) is 5.73 Å². The highest BCUT2D eigenvalue weighted by molar-refractivity contribution is 5.99. The summed E-state index contributed by atoms with van der Waals surface area (Å²) in [5.74, 6) is -1.24. The van der Waals surface area contributed by atoms with Gasteiger partial charge in [-0.15, -0.1) is 0 Å². The average Bonchev–Trinajstić information content (AvgIpc) is 3.34. The van der Waals surface area contributed by atoms with Crippen molar-refractivity contribution in [2.45, 2.75) is 38.9 Å². The first kappa shape index (κ1) is 28.0. The Morgan fingerprint density at radius 3 is 2.35 bits per heavy atom. The minimum Gasteiger partial charge on any atom is -0.465 e. The molecule has 0 aliphatic carbocycles.